The van der Waals surface area contributed by atoms with E-state index in [9.17, 15) is 0 Å². The van der Waals surface area contributed by atoms with Crippen LogP contribution < -0.4 is 14.5 Å². The van der Waals surface area contributed by atoms with E-state index in [0.717, 1.165) is 11.3 Å². The monoisotopic (exact) mass is 270 g/mol. The molecule has 4 heteroatoms. The van der Waals surface area contributed by atoms with Crippen LogP contribution in [0, 0.1) is 0 Å². The van der Waals surface area contributed by atoms with Gasteiger partial charge in [-0.3, -0.25) is 5.01 Å². The Morgan fingerprint density at radius 1 is 0.950 bits per heavy atom. The van der Waals surface area contributed by atoms with Gasteiger partial charge in [0, 0.05) is 12.6 Å². The second-order valence-electron chi connectivity index (χ2n) is 4.19. The van der Waals surface area contributed by atoms with Crippen molar-refractivity contribution in [2.75, 3.05) is 26.3 Å². The normalized spacial score (nSPS) is 10.6. The van der Waals surface area contributed by atoms with E-state index in [-0.39, 0.29) is 0 Å². The highest BCUT2D eigenvalue weighted by atomic mass is 16.5. The van der Waals surface area contributed by atoms with Crippen molar-refractivity contribution in [3.05, 3.63) is 54.1 Å². The van der Waals surface area contributed by atoms with E-state index < -0.39 is 0 Å². The summed E-state index contributed by atoms with van der Waals surface area (Å²) in [5, 5.41) is 6.23. The summed E-state index contributed by atoms with van der Waals surface area (Å²) in [6.07, 6.45) is 1.76. The van der Waals surface area contributed by atoms with Crippen LogP contribution >= 0.6 is 0 Å². The molecule has 0 atom stereocenters. The Kier molecular flexibility index (Phi) is 4.60. The lowest BCUT2D eigenvalue weighted by molar-refractivity contribution is 0.354. The largest absolute Gasteiger partial charge is 0.493 e. The Balaban J connectivity index is 2.23. The van der Waals surface area contributed by atoms with Crippen LogP contribution in [-0.4, -0.2) is 27.5 Å². The average Bonchev–Trinajstić information content (AvgIpc) is 2.52. The molecule has 0 spiro atoms. The number of hydrazone groups is 1. The highest BCUT2D eigenvalue weighted by Crippen LogP contribution is 2.29. The fraction of sp³-hybridized carbons (Fsp3) is 0.188. The first-order valence-electron chi connectivity index (χ1n) is 6.30. The molecule has 20 heavy (non-hydrogen) atoms. The first-order chi connectivity index (χ1) is 9.76. The number of methoxy groups -OCH3 is 2. The van der Waals surface area contributed by atoms with Crippen molar-refractivity contribution in [1.29, 1.82) is 0 Å². The number of rotatable bonds is 5. The quantitative estimate of drug-likeness (QED) is 0.618. The third-order valence-electron chi connectivity index (χ3n) is 2.93. The smallest absolute Gasteiger partial charge is 0.169 e. The minimum atomic E-state index is 0.681. The number of hydrogen-bond acceptors (Lipinski definition) is 4. The molecule has 0 aliphatic rings. The topological polar surface area (TPSA) is 34.1 Å². The predicted octanol–water partition coefficient (Wildman–Crippen LogP) is 3.17. The number of anilines is 1. The van der Waals surface area contributed by atoms with Crippen LogP contribution in [0.4, 0.5) is 5.69 Å². The molecule has 0 aliphatic heterocycles. The fourth-order valence-electron chi connectivity index (χ4n) is 1.87. The van der Waals surface area contributed by atoms with Crippen LogP contribution in [0.25, 0.3) is 0 Å². The number of para-hydroxylation sites is 2. The van der Waals surface area contributed by atoms with Gasteiger partial charge >= 0.3 is 0 Å². The van der Waals surface area contributed by atoms with Crippen molar-refractivity contribution in [2.24, 2.45) is 5.10 Å². The molecule has 0 amide bonds. The SMILES string of the molecule is COc1cccc(/C=N/N(C)c2ccccc2)c1OC. The summed E-state index contributed by atoms with van der Waals surface area (Å²) in [6.45, 7) is 0. The van der Waals surface area contributed by atoms with Crippen LogP contribution in [0.3, 0.4) is 0 Å². The Bertz CT molecular complexity index is 582. The molecule has 0 N–H and O–H groups in total. The Hall–Kier alpha value is -2.49. The summed E-state index contributed by atoms with van der Waals surface area (Å²) in [6, 6.07) is 15.6. The predicted molar refractivity (Wildman–Crippen MR) is 82.0 cm³/mol. The maximum Gasteiger partial charge on any atom is 0.169 e. The molecule has 0 aliphatic carbocycles. The minimum absolute atomic E-state index is 0.681. The van der Waals surface area contributed by atoms with Gasteiger partial charge in [0.1, 0.15) is 0 Å². The van der Waals surface area contributed by atoms with Gasteiger partial charge in [-0.2, -0.15) is 5.10 Å². The van der Waals surface area contributed by atoms with E-state index in [1.54, 1.807) is 25.4 Å². The molecule has 2 aromatic rings. The van der Waals surface area contributed by atoms with Gasteiger partial charge in [0.15, 0.2) is 11.5 Å². The Morgan fingerprint density at radius 3 is 2.35 bits per heavy atom. The minimum Gasteiger partial charge on any atom is -0.493 e. The maximum atomic E-state index is 5.37. The van der Waals surface area contributed by atoms with Gasteiger partial charge in [0.25, 0.3) is 0 Å². The molecule has 0 heterocycles. The van der Waals surface area contributed by atoms with E-state index in [4.69, 9.17) is 9.47 Å². The molecule has 0 saturated carbocycles. The molecule has 0 radical (unpaired) electrons. The number of nitrogens with zero attached hydrogens (tertiary/aromatic N) is 2. The zero-order valence-corrected chi connectivity index (χ0v) is 11.9. The van der Waals surface area contributed by atoms with Gasteiger partial charge < -0.3 is 9.47 Å². The summed E-state index contributed by atoms with van der Waals surface area (Å²) in [5.41, 5.74) is 1.89. The lowest BCUT2D eigenvalue weighted by Crippen LogP contribution is -2.08. The van der Waals surface area contributed by atoms with E-state index in [1.165, 1.54) is 0 Å². The summed E-state index contributed by atoms with van der Waals surface area (Å²) in [7, 11) is 5.14. The van der Waals surface area contributed by atoms with Gasteiger partial charge in [-0.05, 0) is 24.3 Å². The maximum absolute atomic E-state index is 5.37. The molecule has 2 rings (SSSR count). The van der Waals surface area contributed by atoms with Gasteiger partial charge in [-0.25, -0.2) is 0 Å². The highest BCUT2D eigenvalue weighted by molar-refractivity contribution is 5.85. The van der Waals surface area contributed by atoms with Crippen LogP contribution in [0.1, 0.15) is 5.56 Å². The highest BCUT2D eigenvalue weighted by Gasteiger charge is 2.07. The molecule has 104 valence electrons. The Labute approximate surface area is 119 Å². The second kappa shape index (κ2) is 6.61. The number of hydrogen-bond donors (Lipinski definition) is 0. The van der Waals surface area contributed by atoms with Crippen molar-refractivity contribution < 1.29 is 9.47 Å². The first kappa shape index (κ1) is 13.9. The van der Waals surface area contributed by atoms with Crippen LogP contribution in [0.2, 0.25) is 0 Å². The summed E-state index contributed by atoms with van der Waals surface area (Å²) in [4.78, 5) is 0. The molecule has 0 saturated heterocycles. The van der Waals surface area contributed by atoms with Gasteiger partial charge in [-0.1, -0.05) is 24.3 Å². The van der Waals surface area contributed by atoms with E-state index in [0.29, 0.717) is 11.5 Å². The van der Waals surface area contributed by atoms with Crippen molar-refractivity contribution >= 4 is 11.9 Å². The third kappa shape index (κ3) is 3.09. The first-order valence-corrected chi connectivity index (χ1v) is 6.30. The molecule has 0 unspecified atom stereocenters. The molecular weight excluding hydrogens is 252 g/mol. The van der Waals surface area contributed by atoms with E-state index in [2.05, 4.69) is 5.10 Å². The molecule has 0 fully saturated rings. The summed E-state index contributed by atoms with van der Waals surface area (Å²) >= 11 is 0. The van der Waals surface area contributed by atoms with Crippen LogP contribution in [-0.2, 0) is 0 Å². The average molecular weight is 270 g/mol. The molecule has 2 aromatic carbocycles. The van der Waals surface area contributed by atoms with Gasteiger partial charge in [0.2, 0.25) is 0 Å². The van der Waals surface area contributed by atoms with Gasteiger partial charge in [0.05, 0.1) is 26.1 Å². The molecular formula is C16H18N2O2. The summed E-state index contributed by atoms with van der Waals surface area (Å²) < 4.78 is 10.6. The van der Waals surface area contributed by atoms with Gasteiger partial charge in [-0.15, -0.1) is 0 Å². The zero-order chi connectivity index (χ0) is 14.4. The van der Waals surface area contributed by atoms with Crippen molar-refractivity contribution in [3.63, 3.8) is 0 Å². The van der Waals surface area contributed by atoms with Crippen molar-refractivity contribution in [1.82, 2.24) is 0 Å². The van der Waals surface area contributed by atoms with E-state index >= 15 is 0 Å². The van der Waals surface area contributed by atoms with Crippen LogP contribution in [0.15, 0.2) is 53.6 Å². The molecule has 4 nitrogen and oxygen atoms in total. The fourth-order valence-corrected chi connectivity index (χ4v) is 1.87. The zero-order valence-electron chi connectivity index (χ0n) is 11.9. The van der Waals surface area contributed by atoms with Crippen LogP contribution in [0.5, 0.6) is 11.5 Å². The number of ether oxygens (including phenoxy) is 2. The lowest BCUT2D eigenvalue weighted by atomic mass is 10.2. The van der Waals surface area contributed by atoms with Crippen molar-refractivity contribution in [3.8, 4) is 11.5 Å². The lowest BCUT2D eigenvalue weighted by Gasteiger charge is -2.13. The second-order valence-corrected chi connectivity index (χ2v) is 4.19. The van der Waals surface area contributed by atoms with E-state index in [1.807, 2.05) is 55.6 Å². The Morgan fingerprint density at radius 2 is 1.70 bits per heavy atom. The summed E-state index contributed by atoms with van der Waals surface area (Å²) in [5.74, 6) is 1.37. The van der Waals surface area contributed by atoms with Crippen molar-refractivity contribution in [2.45, 2.75) is 0 Å². The number of benzene rings is 2. The molecule has 0 bridgehead atoms. The third-order valence-corrected chi connectivity index (χ3v) is 2.93. The standard InChI is InChI=1S/C16H18N2O2/c1-18(14-9-5-4-6-10-14)17-12-13-8-7-11-15(19-2)16(13)20-3/h4-12H,1-3H3/b17-12+. The molecule has 0 aromatic heterocycles.